The SMILES string of the molecule is CCCCC(O)C1CC(O)C(C2C(=O)Cc3c2nc(C)[nH]c3=O)O1. The largest absolute Gasteiger partial charge is 0.390 e. The molecule has 0 radical (unpaired) electrons. The van der Waals surface area contributed by atoms with Crippen molar-refractivity contribution in [1.29, 1.82) is 0 Å². The first-order chi connectivity index (χ1) is 11.4. The lowest BCUT2D eigenvalue weighted by Gasteiger charge is -2.22. The number of nitrogens with zero attached hydrogens (tertiary/aromatic N) is 1. The Morgan fingerprint density at radius 3 is 2.88 bits per heavy atom. The van der Waals surface area contributed by atoms with E-state index in [2.05, 4.69) is 9.97 Å². The number of nitrogens with one attached hydrogen (secondary N) is 1. The summed E-state index contributed by atoms with van der Waals surface area (Å²) in [4.78, 5) is 31.4. The summed E-state index contributed by atoms with van der Waals surface area (Å²) in [7, 11) is 0. The van der Waals surface area contributed by atoms with Gasteiger partial charge in [0.25, 0.3) is 5.56 Å². The first-order valence-electron chi connectivity index (χ1n) is 8.56. The first-order valence-corrected chi connectivity index (χ1v) is 8.56. The van der Waals surface area contributed by atoms with Crippen molar-refractivity contribution in [2.24, 2.45) is 0 Å². The predicted molar refractivity (Wildman–Crippen MR) is 85.9 cm³/mol. The number of aromatic nitrogens is 2. The minimum Gasteiger partial charge on any atom is -0.390 e. The summed E-state index contributed by atoms with van der Waals surface area (Å²) < 4.78 is 5.85. The second-order valence-corrected chi connectivity index (χ2v) is 6.79. The maximum Gasteiger partial charge on any atom is 0.254 e. The molecule has 7 nitrogen and oxygen atoms in total. The fourth-order valence-corrected chi connectivity index (χ4v) is 3.70. The molecule has 2 heterocycles. The summed E-state index contributed by atoms with van der Waals surface area (Å²) >= 11 is 0. The van der Waals surface area contributed by atoms with E-state index in [0.717, 1.165) is 12.8 Å². The maximum absolute atomic E-state index is 12.4. The summed E-state index contributed by atoms with van der Waals surface area (Å²) in [6, 6.07) is 0. The fourth-order valence-electron chi connectivity index (χ4n) is 3.70. The van der Waals surface area contributed by atoms with E-state index in [4.69, 9.17) is 4.74 Å². The number of aliphatic hydroxyl groups is 2. The number of H-pyrrole nitrogens is 1. The van der Waals surface area contributed by atoms with E-state index in [-0.39, 0.29) is 24.2 Å². The van der Waals surface area contributed by atoms with Crippen molar-refractivity contribution in [3.8, 4) is 0 Å². The molecule has 1 saturated heterocycles. The van der Waals surface area contributed by atoms with Crippen molar-refractivity contribution in [1.82, 2.24) is 9.97 Å². The molecule has 0 bridgehead atoms. The number of ketones is 1. The van der Waals surface area contributed by atoms with Gasteiger partial charge < -0.3 is 19.9 Å². The Kier molecular flexibility index (Phi) is 4.85. The van der Waals surface area contributed by atoms with Crippen LogP contribution in [0.15, 0.2) is 4.79 Å². The second kappa shape index (κ2) is 6.74. The molecule has 132 valence electrons. The molecule has 1 aliphatic carbocycles. The molecule has 0 amide bonds. The van der Waals surface area contributed by atoms with Crippen molar-refractivity contribution >= 4 is 5.78 Å². The van der Waals surface area contributed by atoms with Gasteiger partial charge in [-0.2, -0.15) is 0 Å². The van der Waals surface area contributed by atoms with Gasteiger partial charge in [-0.05, 0) is 13.3 Å². The third-order valence-corrected chi connectivity index (χ3v) is 4.95. The normalized spacial score (nSPS) is 30.6. The zero-order chi connectivity index (χ0) is 17.4. The molecule has 7 heteroatoms. The van der Waals surface area contributed by atoms with E-state index < -0.39 is 30.3 Å². The summed E-state index contributed by atoms with van der Waals surface area (Å²) in [5, 5.41) is 20.6. The molecule has 0 saturated carbocycles. The van der Waals surface area contributed by atoms with E-state index in [1.54, 1.807) is 6.92 Å². The Balaban J connectivity index is 1.83. The number of hydrogen-bond donors (Lipinski definition) is 3. The smallest absolute Gasteiger partial charge is 0.254 e. The topological polar surface area (TPSA) is 113 Å². The van der Waals surface area contributed by atoms with Crippen LogP contribution in [0.2, 0.25) is 0 Å². The van der Waals surface area contributed by atoms with Gasteiger partial charge in [0, 0.05) is 18.4 Å². The van der Waals surface area contributed by atoms with E-state index in [0.29, 0.717) is 23.5 Å². The van der Waals surface area contributed by atoms with Gasteiger partial charge in [-0.1, -0.05) is 19.8 Å². The van der Waals surface area contributed by atoms with Crippen molar-refractivity contribution in [2.45, 2.75) is 76.3 Å². The molecule has 3 N–H and O–H groups in total. The third kappa shape index (κ3) is 3.03. The van der Waals surface area contributed by atoms with Crippen LogP contribution in [-0.4, -0.2) is 50.4 Å². The van der Waals surface area contributed by atoms with Gasteiger partial charge in [0.1, 0.15) is 11.6 Å². The number of fused-ring (bicyclic) bond motifs is 1. The minimum atomic E-state index is -0.854. The van der Waals surface area contributed by atoms with Gasteiger partial charge in [-0.25, -0.2) is 4.98 Å². The molecule has 2 aliphatic rings. The van der Waals surface area contributed by atoms with Crippen LogP contribution in [0, 0.1) is 6.92 Å². The quantitative estimate of drug-likeness (QED) is 0.715. The van der Waals surface area contributed by atoms with Crippen molar-refractivity contribution in [2.75, 3.05) is 0 Å². The molecule has 5 atom stereocenters. The Morgan fingerprint density at radius 2 is 2.17 bits per heavy atom. The average Bonchev–Trinajstić information content (AvgIpc) is 3.05. The highest BCUT2D eigenvalue weighted by atomic mass is 16.5. The number of aliphatic hydroxyl groups excluding tert-OH is 2. The Labute approximate surface area is 140 Å². The molecular formula is C17H24N2O5. The Bertz CT molecular complexity index is 686. The van der Waals surface area contributed by atoms with Crippen molar-refractivity contribution < 1.29 is 19.7 Å². The van der Waals surface area contributed by atoms with Gasteiger partial charge in [-0.15, -0.1) is 0 Å². The number of unbranched alkanes of at least 4 members (excludes halogenated alkanes) is 1. The third-order valence-electron chi connectivity index (χ3n) is 4.95. The van der Waals surface area contributed by atoms with Gasteiger partial charge >= 0.3 is 0 Å². The van der Waals surface area contributed by atoms with Crippen molar-refractivity contribution in [3.05, 3.63) is 27.4 Å². The van der Waals surface area contributed by atoms with Crippen LogP contribution >= 0.6 is 0 Å². The Morgan fingerprint density at radius 1 is 1.42 bits per heavy atom. The van der Waals surface area contributed by atoms with Crippen LogP contribution in [0.4, 0.5) is 0 Å². The number of ether oxygens (including phenoxy) is 1. The van der Waals surface area contributed by atoms with Gasteiger partial charge in [0.05, 0.1) is 36.0 Å². The van der Waals surface area contributed by atoms with E-state index in [9.17, 15) is 19.8 Å². The number of Topliss-reactive ketones (excluding diaryl/α,β-unsaturated/α-hetero) is 1. The van der Waals surface area contributed by atoms with E-state index >= 15 is 0 Å². The fraction of sp³-hybridized carbons (Fsp3) is 0.706. The zero-order valence-electron chi connectivity index (χ0n) is 14.0. The summed E-state index contributed by atoms with van der Waals surface area (Å²) in [6.07, 6.45) is -0.00595. The number of hydrogen-bond acceptors (Lipinski definition) is 6. The lowest BCUT2D eigenvalue weighted by Crippen LogP contribution is -2.33. The molecular weight excluding hydrogens is 312 g/mol. The van der Waals surface area contributed by atoms with Crippen molar-refractivity contribution in [3.63, 3.8) is 0 Å². The lowest BCUT2D eigenvalue weighted by atomic mass is 9.93. The molecule has 1 fully saturated rings. The molecule has 0 spiro atoms. The first kappa shape index (κ1) is 17.3. The minimum absolute atomic E-state index is 0.0122. The monoisotopic (exact) mass is 336 g/mol. The second-order valence-electron chi connectivity index (χ2n) is 6.79. The summed E-state index contributed by atoms with van der Waals surface area (Å²) in [5.74, 6) is -0.466. The van der Waals surface area contributed by atoms with Crippen LogP contribution in [0.25, 0.3) is 0 Å². The van der Waals surface area contributed by atoms with Crippen LogP contribution < -0.4 is 5.56 Å². The molecule has 1 aromatic heterocycles. The number of aromatic amines is 1. The van der Waals surface area contributed by atoms with Gasteiger partial charge in [0.15, 0.2) is 0 Å². The summed E-state index contributed by atoms with van der Waals surface area (Å²) in [5.41, 5.74) is 0.468. The van der Waals surface area contributed by atoms with Gasteiger partial charge in [0.2, 0.25) is 0 Å². The maximum atomic E-state index is 12.4. The number of carbonyl (C=O) groups excluding carboxylic acids is 1. The highest BCUT2D eigenvalue weighted by molar-refractivity contribution is 5.92. The average molecular weight is 336 g/mol. The van der Waals surface area contributed by atoms with E-state index in [1.165, 1.54) is 0 Å². The molecule has 1 aromatic rings. The number of aryl methyl sites for hydroxylation is 1. The van der Waals surface area contributed by atoms with Crippen LogP contribution in [0.5, 0.6) is 0 Å². The zero-order valence-corrected chi connectivity index (χ0v) is 14.0. The van der Waals surface area contributed by atoms with Crippen LogP contribution in [0.1, 0.15) is 55.6 Å². The standard InChI is InChI=1S/C17H24N2O5/c1-3-4-5-10(20)13-7-12(22)16(24-13)14-11(21)6-9-15(14)18-8(2)19-17(9)23/h10,12-14,16,20,22H,3-7H2,1-2H3,(H,18,19,23). The lowest BCUT2D eigenvalue weighted by molar-refractivity contribution is -0.125. The molecule has 3 rings (SSSR count). The van der Waals surface area contributed by atoms with E-state index in [1.807, 2.05) is 6.92 Å². The predicted octanol–water partition coefficient (Wildman–Crippen LogP) is 0.357. The summed E-state index contributed by atoms with van der Waals surface area (Å²) in [6.45, 7) is 3.70. The highest BCUT2D eigenvalue weighted by Crippen LogP contribution is 2.38. The number of carbonyl (C=O) groups is 1. The Hall–Kier alpha value is -1.57. The molecule has 5 unspecified atom stereocenters. The van der Waals surface area contributed by atoms with Gasteiger partial charge in [-0.3, -0.25) is 9.59 Å². The number of rotatable bonds is 5. The molecule has 24 heavy (non-hydrogen) atoms. The van der Waals surface area contributed by atoms with Crippen LogP contribution in [0.3, 0.4) is 0 Å². The molecule has 1 aliphatic heterocycles. The highest BCUT2D eigenvalue weighted by Gasteiger charge is 2.48. The molecule has 0 aromatic carbocycles. The van der Waals surface area contributed by atoms with Crippen LogP contribution in [-0.2, 0) is 16.0 Å².